The van der Waals surface area contributed by atoms with E-state index >= 15 is 0 Å². The lowest BCUT2D eigenvalue weighted by Crippen LogP contribution is -2.45. The topological polar surface area (TPSA) is 98.7 Å². The molecule has 22 heavy (non-hydrogen) atoms. The molecule has 1 rings (SSSR count). The van der Waals surface area contributed by atoms with Crippen LogP contribution >= 0.6 is 0 Å². The molecule has 0 aromatic heterocycles. The predicted octanol–water partition coefficient (Wildman–Crippen LogP) is 1.50. The van der Waals surface area contributed by atoms with Crippen LogP contribution in [-0.4, -0.2) is 41.0 Å². The van der Waals surface area contributed by atoms with Crippen molar-refractivity contribution in [2.24, 2.45) is 0 Å². The highest BCUT2D eigenvalue weighted by Gasteiger charge is 2.32. The number of carboxylic acids is 1. The molecule has 1 atom stereocenters. The van der Waals surface area contributed by atoms with E-state index in [0.717, 1.165) is 0 Å². The summed E-state index contributed by atoms with van der Waals surface area (Å²) in [4.78, 5) is 22.1. The van der Waals surface area contributed by atoms with E-state index < -0.39 is 37.2 Å². The first-order valence-electron chi connectivity index (χ1n) is 6.25. The number of carbonyl (C=O) groups is 2. The largest absolute Gasteiger partial charge is 0.478 e. The second-order valence-corrected chi connectivity index (χ2v) is 4.53. The number of carbonyl (C=O) groups excluding carboxylic acids is 1. The van der Waals surface area contributed by atoms with Crippen LogP contribution in [0.15, 0.2) is 24.3 Å². The molecule has 0 aliphatic carbocycles. The maximum Gasteiger partial charge on any atom is 0.391 e. The molecular weight excluding hydrogens is 305 g/mol. The molecule has 0 aliphatic rings. The highest BCUT2D eigenvalue weighted by molar-refractivity contribution is 5.87. The molecule has 4 N–H and O–H groups in total. The van der Waals surface area contributed by atoms with Gasteiger partial charge in [-0.05, 0) is 17.7 Å². The number of aliphatic hydroxyl groups is 1. The van der Waals surface area contributed by atoms with Crippen LogP contribution in [0.25, 0.3) is 0 Å². The molecule has 0 saturated heterocycles. The molecule has 6 nitrogen and oxygen atoms in total. The van der Waals surface area contributed by atoms with Gasteiger partial charge in [0.15, 0.2) is 0 Å². The summed E-state index contributed by atoms with van der Waals surface area (Å²) < 4.78 is 36.5. The number of halogens is 3. The first kappa shape index (κ1) is 17.8. The SMILES string of the molecule is O=C(NCc1ccc(C(=O)O)cc1)NC(CO)CC(F)(F)F. The van der Waals surface area contributed by atoms with Crippen molar-refractivity contribution in [1.29, 1.82) is 0 Å². The van der Waals surface area contributed by atoms with Gasteiger partial charge < -0.3 is 20.8 Å². The van der Waals surface area contributed by atoms with Crippen molar-refractivity contribution >= 4 is 12.0 Å². The Bertz CT molecular complexity index is 517. The van der Waals surface area contributed by atoms with Crippen molar-refractivity contribution < 1.29 is 33.0 Å². The van der Waals surface area contributed by atoms with Gasteiger partial charge in [-0.2, -0.15) is 13.2 Å². The lowest BCUT2D eigenvalue weighted by atomic mass is 10.1. The number of carboxylic acid groups (broad SMARTS) is 1. The van der Waals surface area contributed by atoms with E-state index in [0.29, 0.717) is 5.56 Å². The number of urea groups is 1. The van der Waals surface area contributed by atoms with E-state index in [-0.39, 0.29) is 12.1 Å². The van der Waals surface area contributed by atoms with E-state index in [1.807, 2.05) is 5.32 Å². The Morgan fingerprint density at radius 2 is 1.77 bits per heavy atom. The van der Waals surface area contributed by atoms with E-state index in [1.54, 1.807) is 0 Å². The van der Waals surface area contributed by atoms with Gasteiger partial charge in [-0.25, -0.2) is 9.59 Å². The van der Waals surface area contributed by atoms with Crippen LogP contribution in [0.1, 0.15) is 22.3 Å². The molecule has 0 spiro atoms. The van der Waals surface area contributed by atoms with Crippen molar-refractivity contribution in [3.63, 3.8) is 0 Å². The number of amides is 2. The number of benzene rings is 1. The Balaban J connectivity index is 2.46. The van der Waals surface area contributed by atoms with Gasteiger partial charge in [0.05, 0.1) is 24.6 Å². The summed E-state index contributed by atoms with van der Waals surface area (Å²) in [6.45, 7) is -0.823. The highest BCUT2D eigenvalue weighted by atomic mass is 19.4. The van der Waals surface area contributed by atoms with E-state index in [2.05, 4.69) is 5.32 Å². The smallest absolute Gasteiger partial charge is 0.391 e. The van der Waals surface area contributed by atoms with Gasteiger partial charge >= 0.3 is 18.2 Å². The van der Waals surface area contributed by atoms with Crippen LogP contribution in [-0.2, 0) is 6.54 Å². The lowest BCUT2D eigenvalue weighted by Gasteiger charge is -2.18. The van der Waals surface area contributed by atoms with Crippen LogP contribution in [0.2, 0.25) is 0 Å². The van der Waals surface area contributed by atoms with E-state index in [4.69, 9.17) is 10.2 Å². The summed E-state index contributed by atoms with van der Waals surface area (Å²) in [6, 6.07) is 3.36. The third-order valence-electron chi connectivity index (χ3n) is 2.69. The summed E-state index contributed by atoms with van der Waals surface area (Å²) in [6.07, 6.45) is -5.82. The van der Waals surface area contributed by atoms with Crippen LogP contribution in [0.5, 0.6) is 0 Å². The number of aromatic carboxylic acids is 1. The molecule has 0 saturated carbocycles. The minimum Gasteiger partial charge on any atom is -0.478 e. The van der Waals surface area contributed by atoms with Crippen LogP contribution < -0.4 is 10.6 Å². The summed E-state index contributed by atoms with van der Waals surface area (Å²) in [5.74, 6) is -1.09. The summed E-state index contributed by atoms with van der Waals surface area (Å²) >= 11 is 0. The Hall–Kier alpha value is -2.29. The maximum atomic E-state index is 12.2. The lowest BCUT2D eigenvalue weighted by molar-refractivity contribution is -0.141. The van der Waals surface area contributed by atoms with Gasteiger partial charge in [0.1, 0.15) is 0 Å². The van der Waals surface area contributed by atoms with Crippen molar-refractivity contribution in [2.75, 3.05) is 6.61 Å². The fraction of sp³-hybridized carbons (Fsp3) is 0.385. The fourth-order valence-corrected chi connectivity index (χ4v) is 1.62. The maximum absolute atomic E-state index is 12.2. The summed E-state index contributed by atoms with van der Waals surface area (Å²) in [7, 11) is 0. The number of nitrogens with one attached hydrogen (secondary N) is 2. The molecule has 1 aromatic carbocycles. The van der Waals surface area contributed by atoms with Crippen LogP contribution in [0.4, 0.5) is 18.0 Å². The molecule has 0 fully saturated rings. The molecule has 122 valence electrons. The van der Waals surface area contributed by atoms with Crippen LogP contribution in [0.3, 0.4) is 0 Å². The monoisotopic (exact) mass is 320 g/mol. The zero-order chi connectivity index (χ0) is 16.8. The molecule has 1 unspecified atom stereocenters. The van der Waals surface area contributed by atoms with Gasteiger partial charge in [-0.3, -0.25) is 0 Å². The molecule has 0 radical (unpaired) electrons. The van der Waals surface area contributed by atoms with Gasteiger partial charge in [0.2, 0.25) is 0 Å². The Morgan fingerprint density at radius 1 is 1.18 bits per heavy atom. The molecule has 0 aliphatic heterocycles. The standard InChI is InChI=1S/C13H15F3N2O4/c14-13(15,16)5-10(7-19)18-12(22)17-6-8-1-3-9(4-2-8)11(20)21/h1-4,10,19H,5-7H2,(H,20,21)(H2,17,18,22). The minimum atomic E-state index is -4.49. The second-order valence-electron chi connectivity index (χ2n) is 4.53. The fourth-order valence-electron chi connectivity index (χ4n) is 1.62. The Labute approximate surface area is 123 Å². The van der Waals surface area contributed by atoms with Gasteiger partial charge in [0.25, 0.3) is 0 Å². The number of hydrogen-bond acceptors (Lipinski definition) is 3. The van der Waals surface area contributed by atoms with Crippen molar-refractivity contribution in [3.05, 3.63) is 35.4 Å². The van der Waals surface area contributed by atoms with Gasteiger partial charge in [-0.15, -0.1) is 0 Å². The number of hydrogen-bond donors (Lipinski definition) is 4. The second kappa shape index (κ2) is 7.64. The molecule has 1 aromatic rings. The zero-order valence-corrected chi connectivity index (χ0v) is 11.4. The Morgan fingerprint density at radius 3 is 2.23 bits per heavy atom. The summed E-state index contributed by atoms with van der Waals surface area (Å²) in [5.41, 5.74) is 0.662. The first-order chi connectivity index (χ1) is 10.2. The first-order valence-corrected chi connectivity index (χ1v) is 6.25. The minimum absolute atomic E-state index is 0.00982. The van der Waals surface area contributed by atoms with Crippen molar-refractivity contribution in [3.8, 4) is 0 Å². The number of rotatable bonds is 6. The molecular formula is C13H15F3N2O4. The third kappa shape index (κ3) is 6.44. The normalized spacial score (nSPS) is 12.5. The zero-order valence-electron chi connectivity index (χ0n) is 11.4. The van der Waals surface area contributed by atoms with Gasteiger partial charge in [-0.1, -0.05) is 12.1 Å². The average Bonchev–Trinajstić information content (AvgIpc) is 2.43. The molecule has 0 heterocycles. The Kier molecular flexibility index (Phi) is 6.17. The predicted molar refractivity (Wildman–Crippen MR) is 70.3 cm³/mol. The average molecular weight is 320 g/mol. The van der Waals surface area contributed by atoms with E-state index in [9.17, 15) is 22.8 Å². The number of alkyl halides is 3. The van der Waals surface area contributed by atoms with E-state index in [1.165, 1.54) is 24.3 Å². The summed E-state index contributed by atoms with van der Waals surface area (Å²) in [5, 5.41) is 21.9. The van der Waals surface area contributed by atoms with Crippen molar-refractivity contribution in [1.82, 2.24) is 10.6 Å². The molecule has 0 bridgehead atoms. The quantitative estimate of drug-likeness (QED) is 0.638. The third-order valence-corrected chi connectivity index (χ3v) is 2.69. The highest BCUT2D eigenvalue weighted by Crippen LogP contribution is 2.21. The molecule has 2 amide bonds. The number of aliphatic hydroxyl groups excluding tert-OH is 1. The van der Waals surface area contributed by atoms with Crippen LogP contribution in [0, 0.1) is 0 Å². The van der Waals surface area contributed by atoms with Crippen molar-refractivity contribution in [2.45, 2.75) is 25.2 Å². The molecule has 9 heteroatoms. The van der Waals surface area contributed by atoms with Gasteiger partial charge in [0, 0.05) is 6.54 Å².